The minimum absolute atomic E-state index is 0.0158. The Labute approximate surface area is 115 Å². The van der Waals surface area contributed by atoms with Crippen molar-refractivity contribution in [3.63, 3.8) is 0 Å². The lowest BCUT2D eigenvalue weighted by Gasteiger charge is -2.03. The summed E-state index contributed by atoms with van der Waals surface area (Å²) in [6.07, 6.45) is 2.26. The highest BCUT2D eigenvalue weighted by Gasteiger charge is 2.16. The van der Waals surface area contributed by atoms with Gasteiger partial charge in [0.25, 0.3) is 0 Å². The molecule has 0 radical (unpaired) electrons. The first-order valence-corrected chi connectivity index (χ1v) is 7.15. The second-order valence-electron chi connectivity index (χ2n) is 3.76. The third kappa shape index (κ3) is 3.28. The van der Waals surface area contributed by atoms with Crippen LogP contribution >= 0.6 is 11.6 Å². The van der Waals surface area contributed by atoms with E-state index in [2.05, 4.69) is 19.7 Å². The monoisotopic (exact) mass is 302 g/mol. The van der Waals surface area contributed by atoms with Gasteiger partial charge in [0, 0.05) is 0 Å². The molecule has 0 aliphatic rings. The van der Waals surface area contributed by atoms with Crippen LogP contribution < -0.4 is 4.72 Å². The normalized spacial score (nSPS) is 11.7. The summed E-state index contributed by atoms with van der Waals surface area (Å²) >= 11 is 5.49. The minimum atomic E-state index is -3.71. The largest absolute Gasteiger partial charge is 0.444 e. The molecule has 0 aliphatic carbocycles. The van der Waals surface area contributed by atoms with Crippen LogP contribution in [0.3, 0.4) is 0 Å². The molecule has 0 amide bonds. The number of hydrogen-bond donors (Lipinski definition) is 1. The molecule has 0 unspecified atom stereocenters. The summed E-state index contributed by atoms with van der Waals surface area (Å²) in [7, 11) is -3.71. The molecule has 2 aromatic rings. The fourth-order valence-electron chi connectivity index (χ4n) is 1.29. The average molecular weight is 303 g/mol. The molecule has 0 saturated carbocycles. The Bertz CT molecular complexity index is 662. The quantitative estimate of drug-likeness (QED) is 0.853. The van der Waals surface area contributed by atoms with Crippen LogP contribution in [0.5, 0.6) is 0 Å². The first kappa shape index (κ1) is 13.9. The summed E-state index contributed by atoms with van der Waals surface area (Å²) in [5, 5.41) is -0.0158. The maximum absolute atomic E-state index is 11.9. The van der Waals surface area contributed by atoms with E-state index in [1.165, 1.54) is 0 Å². The first-order chi connectivity index (χ1) is 8.88. The maximum Gasteiger partial charge on any atom is 0.244 e. The zero-order valence-electron chi connectivity index (χ0n) is 10.2. The number of aromatic nitrogens is 3. The lowest BCUT2D eigenvalue weighted by molar-refractivity contribution is 0.463. The summed E-state index contributed by atoms with van der Waals surface area (Å²) in [5.41, 5.74) is 0.726. The smallest absolute Gasteiger partial charge is 0.244 e. The van der Waals surface area contributed by atoms with Crippen molar-refractivity contribution < 1.29 is 12.8 Å². The first-order valence-electron chi connectivity index (χ1n) is 5.28. The van der Waals surface area contributed by atoms with Gasteiger partial charge in [0.2, 0.25) is 21.2 Å². The minimum Gasteiger partial charge on any atom is -0.444 e. The van der Waals surface area contributed by atoms with E-state index in [-0.39, 0.29) is 16.7 Å². The summed E-state index contributed by atoms with van der Waals surface area (Å²) < 4.78 is 31.4. The van der Waals surface area contributed by atoms with E-state index in [0.717, 1.165) is 18.1 Å². The van der Waals surface area contributed by atoms with Gasteiger partial charge in [-0.25, -0.2) is 28.1 Å². The van der Waals surface area contributed by atoms with Crippen molar-refractivity contribution in [2.45, 2.75) is 25.3 Å². The van der Waals surface area contributed by atoms with Crippen LogP contribution in [0.1, 0.15) is 17.3 Å². The van der Waals surface area contributed by atoms with Gasteiger partial charge in [0.15, 0.2) is 0 Å². The average Bonchev–Trinajstić information content (AvgIpc) is 2.67. The highest BCUT2D eigenvalue weighted by molar-refractivity contribution is 7.89. The molecule has 2 rings (SSSR count). The molecular weight excluding hydrogens is 292 g/mol. The van der Waals surface area contributed by atoms with Crippen molar-refractivity contribution in [2.75, 3.05) is 0 Å². The predicted octanol–water partition coefficient (Wildman–Crippen LogP) is 1.21. The van der Waals surface area contributed by atoms with Gasteiger partial charge < -0.3 is 4.42 Å². The molecule has 1 N–H and O–H groups in total. The van der Waals surface area contributed by atoms with Crippen LogP contribution in [0.4, 0.5) is 0 Å². The van der Waals surface area contributed by atoms with E-state index < -0.39 is 10.0 Å². The predicted molar refractivity (Wildman–Crippen MR) is 67.0 cm³/mol. The second-order valence-corrected chi connectivity index (χ2v) is 5.87. The number of rotatable bonds is 4. The molecule has 0 spiro atoms. The van der Waals surface area contributed by atoms with Gasteiger partial charge in [-0.05, 0) is 25.4 Å². The molecule has 9 heteroatoms. The van der Waals surface area contributed by atoms with Crippen molar-refractivity contribution in [2.24, 2.45) is 0 Å². The number of halogens is 1. The topological polar surface area (TPSA) is 98.0 Å². The van der Waals surface area contributed by atoms with Crippen molar-refractivity contribution in [3.05, 3.63) is 35.0 Å². The molecule has 19 heavy (non-hydrogen) atoms. The third-order valence-electron chi connectivity index (χ3n) is 2.39. The number of sulfonamides is 1. The Morgan fingerprint density at radius 1 is 1.32 bits per heavy atom. The van der Waals surface area contributed by atoms with Gasteiger partial charge in [-0.15, -0.1) is 0 Å². The lowest BCUT2D eigenvalue weighted by atomic mass is 10.4. The van der Waals surface area contributed by atoms with E-state index in [9.17, 15) is 8.42 Å². The van der Waals surface area contributed by atoms with Gasteiger partial charge >= 0.3 is 0 Å². The summed E-state index contributed by atoms with van der Waals surface area (Å²) in [6.45, 7) is 3.50. The molecule has 0 saturated heterocycles. The standard InChI is InChI=1S/C10H11ClN4O3S/c1-6-7(2)18-9(15-6)5-14-19(16,17)8-3-12-10(11)13-4-8/h3-4,14H,5H2,1-2H3. The third-order valence-corrected chi connectivity index (χ3v) is 3.94. The number of hydrogen-bond acceptors (Lipinski definition) is 6. The highest BCUT2D eigenvalue weighted by Crippen LogP contribution is 2.11. The van der Waals surface area contributed by atoms with E-state index in [1.807, 2.05) is 0 Å². The van der Waals surface area contributed by atoms with Crippen LogP contribution in [0.25, 0.3) is 0 Å². The van der Waals surface area contributed by atoms with E-state index in [4.69, 9.17) is 16.0 Å². The number of nitrogens with one attached hydrogen (secondary N) is 1. The van der Waals surface area contributed by atoms with Gasteiger partial charge in [0.05, 0.1) is 24.6 Å². The lowest BCUT2D eigenvalue weighted by Crippen LogP contribution is -2.23. The number of aryl methyl sites for hydroxylation is 2. The summed E-state index contributed by atoms with van der Waals surface area (Å²) in [6, 6.07) is 0. The molecule has 0 aromatic carbocycles. The Morgan fingerprint density at radius 3 is 2.47 bits per heavy atom. The summed E-state index contributed by atoms with van der Waals surface area (Å²) in [5.74, 6) is 0.956. The van der Waals surface area contributed by atoms with Gasteiger partial charge in [-0.3, -0.25) is 0 Å². The molecule has 2 aromatic heterocycles. The molecule has 2 heterocycles. The maximum atomic E-state index is 11.9. The molecule has 0 bridgehead atoms. The zero-order chi connectivity index (χ0) is 14.0. The Balaban J connectivity index is 2.11. The van der Waals surface area contributed by atoms with Crippen molar-refractivity contribution in [1.29, 1.82) is 0 Å². The fourth-order valence-corrected chi connectivity index (χ4v) is 2.25. The summed E-state index contributed by atoms with van der Waals surface area (Å²) in [4.78, 5) is 11.2. The highest BCUT2D eigenvalue weighted by atomic mass is 35.5. The molecule has 102 valence electrons. The van der Waals surface area contributed by atoms with Crippen LogP contribution in [-0.4, -0.2) is 23.4 Å². The van der Waals surface area contributed by atoms with E-state index >= 15 is 0 Å². The van der Waals surface area contributed by atoms with Crippen molar-refractivity contribution >= 4 is 21.6 Å². The van der Waals surface area contributed by atoms with Crippen molar-refractivity contribution in [3.8, 4) is 0 Å². The van der Waals surface area contributed by atoms with Crippen LogP contribution in [0, 0.1) is 13.8 Å². The SMILES string of the molecule is Cc1nc(CNS(=O)(=O)c2cnc(Cl)nc2)oc1C. The Hall–Kier alpha value is -1.51. The Morgan fingerprint density at radius 2 is 1.95 bits per heavy atom. The van der Waals surface area contributed by atoms with Gasteiger partial charge in [-0.1, -0.05) is 0 Å². The molecule has 7 nitrogen and oxygen atoms in total. The van der Waals surface area contributed by atoms with Gasteiger partial charge in [-0.2, -0.15) is 0 Å². The molecular formula is C10H11ClN4O3S. The van der Waals surface area contributed by atoms with Crippen LogP contribution in [-0.2, 0) is 16.6 Å². The number of nitrogens with zero attached hydrogens (tertiary/aromatic N) is 3. The molecule has 0 fully saturated rings. The van der Waals surface area contributed by atoms with Crippen LogP contribution in [0.15, 0.2) is 21.7 Å². The Kier molecular flexibility index (Phi) is 3.83. The second kappa shape index (κ2) is 5.24. The van der Waals surface area contributed by atoms with Crippen LogP contribution in [0.2, 0.25) is 5.28 Å². The molecule has 0 atom stereocenters. The van der Waals surface area contributed by atoms with E-state index in [1.54, 1.807) is 13.8 Å². The zero-order valence-corrected chi connectivity index (χ0v) is 11.8. The fraction of sp³-hybridized carbons (Fsp3) is 0.300. The van der Waals surface area contributed by atoms with Gasteiger partial charge in [0.1, 0.15) is 10.7 Å². The van der Waals surface area contributed by atoms with E-state index in [0.29, 0.717) is 11.7 Å². The number of oxazole rings is 1. The van der Waals surface area contributed by atoms with Crippen molar-refractivity contribution in [1.82, 2.24) is 19.7 Å². The molecule has 0 aliphatic heterocycles.